The average molecular weight is 397 g/mol. The third kappa shape index (κ3) is 9.47. The highest BCUT2D eigenvalue weighted by Crippen LogP contribution is 2.25. The number of rotatable bonds is 15. The molecule has 0 aromatic heterocycles. The first kappa shape index (κ1) is 23.4. The summed E-state index contributed by atoms with van der Waals surface area (Å²) in [4.78, 5) is 12.6. The summed E-state index contributed by atoms with van der Waals surface area (Å²) in [5.74, 6) is 1.05. The molecule has 2 rings (SSSR count). The van der Waals surface area contributed by atoms with E-state index in [0.29, 0.717) is 18.1 Å². The van der Waals surface area contributed by atoms with E-state index in [1.165, 1.54) is 69.6 Å². The highest BCUT2D eigenvalue weighted by Gasteiger charge is 2.15. The van der Waals surface area contributed by atoms with Gasteiger partial charge < -0.3 is 4.74 Å². The molecule has 160 valence electrons. The molecule has 0 saturated carbocycles. The van der Waals surface area contributed by atoms with E-state index in [9.17, 15) is 4.79 Å². The maximum absolute atomic E-state index is 12.6. The first-order valence-corrected chi connectivity index (χ1v) is 11.9. The fourth-order valence-electron chi connectivity index (χ4n) is 4.06. The zero-order chi connectivity index (χ0) is 20.7. The van der Waals surface area contributed by atoms with Gasteiger partial charge in [0.05, 0.1) is 0 Å². The van der Waals surface area contributed by atoms with E-state index >= 15 is 0 Å². The Balaban J connectivity index is 1.82. The van der Waals surface area contributed by atoms with Crippen molar-refractivity contribution in [1.29, 1.82) is 0 Å². The predicted octanol–water partition coefficient (Wildman–Crippen LogP) is 8.47. The Morgan fingerprint density at radius 1 is 0.759 bits per heavy atom. The topological polar surface area (TPSA) is 26.3 Å². The Morgan fingerprint density at radius 3 is 2.03 bits per heavy atom. The third-order valence-electron chi connectivity index (χ3n) is 5.84. The number of benzene rings is 2. The van der Waals surface area contributed by atoms with Crippen LogP contribution in [0.1, 0.15) is 97.3 Å². The zero-order valence-electron chi connectivity index (χ0n) is 18.6. The fraction of sp³-hybridized carbons (Fsp3) is 0.593. The van der Waals surface area contributed by atoms with Crippen molar-refractivity contribution in [3.8, 4) is 5.75 Å². The van der Waals surface area contributed by atoms with Crippen LogP contribution >= 0.6 is 0 Å². The van der Waals surface area contributed by atoms with Gasteiger partial charge in [-0.05, 0) is 41.7 Å². The molecule has 2 aromatic carbocycles. The van der Waals surface area contributed by atoms with Crippen molar-refractivity contribution in [2.45, 2.75) is 97.3 Å². The van der Waals surface area contributed by atoms with Crippen LogP contribution in [0, 0.1) is 5.92 Å². The van der Waals surface area contributed by atoms with E-state index < -0.39 is 0 Å². The number of hydrogen-bond acceptors (Lipinski definition) is 2. The largest absolute Gasteiger partial charge is 0.426 e. The lowest BCUT2D eigenvalue weighted by atomic mass is 9.91. The van der Waals surface area contributed by atoms with Crippen molar-refractivity contribution >= 4 is 16.7 Å². The number of hydrogen-bond donors (Lipinski definition) is 0. The van der Waals surface area contributed by atoms with Crippen molar-refractivity contribution < 1.29 is 9.53 Å². The maximum Gasteiger partial charge on any atom is 0.311 e. The van der Waals surface area contributed by atoms with Gasteiger partial charge in [-0.2, -0.15) is 0 Å². The van der Waals surface area contributed by atoms with E-state index in [1.807, 2.05) is 30.3 Å². The summed E-state index contributed by atoms with van der Waals surface area (Å²) < 4.78 is 5.70. The van der Waals surface area contributed by atoms with Crippen LogP contribution in [0.25, 0.3) is 10.8 Å². The molecular weight excluding hydrogens is 356 g/mol. The average Bonchev–Trinajstić information content (AvgIpc) is 2.73. The van der Waals surface area contributed by atoms with Gasteiger partial charge in [0, 0.05) is 6.42 Å². The summed E-state index contributed by atoms with van der Waals surface area (Å²) in [6, 6.07) is 14.1. The number of esters is 1. The van der Waals surface area contributed by atoms with E-state index in [2.05, 4.69) is 26.0 Å². The predicted molar refractivity (Wildman–Crippen MR) is 124 cm³/mol. The van der Waals surface area contributed by atoms with Gasteiger partial charge in [-0.3, -0.25) is 4.79 Å². The summed E-state index contributed by atoms with van der Waals surface area (Å²) in [5.41, 5.74) is 0. The van der Waals surface area contributed by atoms with Gasteiger partial charge >= 0.3 is 5.97 Å². The Bertz CT molecular complexity index is 707. The molecule has 0 amide bonds. The molecule has 1 atom stereocenters. The van der Waals surface area contributed by atoms with Gasteiger partial charge in [-0.15, -0.1) is 0 Å². The molecule has 2 nitrogen and oxygen atoms in total. The van der Waals surface area contributed by atoms with Gasteiger partial charge in [0.1, 0.15) is 5.75 Å². The molecule has 2 heteroatoms. The first-order chi connectivity index (χ1) is 14.2. The molecule has 0 fully saturated rings. The summed E-state index contributed by atoms with van der Waals surface area (Å²) in [6.45, 7) is 4.50. The molecule has 0 radical (unpaired) electrons. The van der Waals surface area contributed by atoms with Crippen LogP contribution in [-0.2, 0) is 4.79 Å². The molecule has 0 aliphatic carbocycles. The van der Waals surface area contributed by atoms with Gasteiger partial charge in [-0.25, -0.2) is 0 Å². The van der Waals surface area contributed by atoms with Crippen LogP contribution in [0.2, 0.25) is 0 Å². The molecule has 0 bridgehead atoms. The number of fused-ring (bicyclic) bond motifs is 1. The lowest BCUT2D eigenvalue weighted by molar-refractivity contribution is -0.135. The summed E-state index contributed by atoms with van der Waals surface area (Å²) in [5, 5.41) is 2.28. The highest BCUT2D eigenvalue weighted by molar-refractivity contribution is 5.84. The smallest absolute Gasteiger partial charge is 0.311 e. The van der Waals surface area contributed by atoms with Crippen LogP contribution in [0.3, 0.4) is 0 Å². The maximum atomic E-state index is 12.6. The minimum atomic E-state index is -0.0771. The van der Waals surface area contributed by atoms with Crippen LogP contribution in [-0.4, -0.2) is 5.97 Å². The van der Waals surface area contributed by atoms with E-state index in [0.717, 1.165) is 18.2 Å². The lowest BCUT2D eigenvalue weighted by Crippen LogP contribution is -2.14. The second-order valence-electron chi connectivity index (χ2n) is 8.46. The molecular formula is C27H40O2. The second-order valence-corrected chi connectivity index (χ2v) is 8.46. The number of carbonyl (C=O) groups is 1. The monoisotopic (exact) mass is 396 g/mol. The molecule has 0 N–H and O–H groups in total. The minimum Gasteiger partial charge on any atom is -0.426 e. The van der Waals surface area contributed by atoms with E-state index in [4.69, 9.17) is 4.74 Å². The van der Waals surface area contributed by atoms with Crippen LogP contribution in [0.4, 0.5) is 0 Å². The molecule has 0 spiro atoms. The Morgan fingerprint density at radius 2 is 1.34 bits per heavy atom. The summed E-state index contributed by atoms with van der Waals surface area (Å²) >= 11 is 0. The fourth-order valence-corrected chi connectivity index (χ4v) is 4.06. The van der Waals surface area contributed by atoms with Gasteiger partial charge in [0.25, 0.3) is 0 Å². The van der Waals surface area contributed by atoms with Crippen LogP contribution in [0.15, 0.2) is 42.5 Å². The summed E-state index contributed by atoms with van der Waals surface area (Å²) in [6.07, 6.45) is 15.8. The SMILES string of the molecule is CCCCCCCCC(CCCCCC)CC(=O)Oc1ccc2ccccc2c1. The first-order valence-electron chi connectivity index (χ1n) is 11.9. The van der Waals surface area contributed by atoms with Crippen molar-refractivity contribution in [2.75, 3.05) is 0 Å². The minimum absolute atomic E-state index is 0.0771. The molecule has 0 heterocycles. The van der Waals surface area contributed by atoms with Crippen LogP contribution < -0.4 is 4.74 Å². The zero-order valence-corrected chi connectivity index (χ0v) is 18.6. The van der Waals surface area contributed by atoms with Crippen molar-refractivity contribution in [2.24, 2.45) is 5.92 Å². The number of carbonyl (C=O) groups excluding carboxylic acids is 1. The van der Waals surface area contributed by atoms with Gasteiger partial charge in [0.15, 0.2) is 0 Å². The molecule has 29 heavy (non-hydrogen) atoms. The molecule has 2 aromatic rings. The number of ether oxygens (including phenoxy) is 1. The molecule has 0 saturated heterocycles. The summed E-state index contributed by atoms with van der Waals surface area (Å²) in [7, 11) is 0. The number of unbranched alkanes of at least 4 members (excludes halogenated alkanes) is 8. The van der Waals surface area contributed by atoms with Crippen molar-refractivity contribution in [1.82, 2.24) is 0 Å². The van der Waals surface area contributed by atoms with E-state index in [1.54, 1.807) is 0 Å². The van der Waals surface area contributed by atoms with E-state index in [-0.39, 0.29) is 5.97 Å². The standard InChI is InChI=1S/C27H40O2/c1-3-5-7-9-10-12-16-23(15-11-8-6-4-2)21-27(28)29-26-20-19-24-17-13-14-18-25(24)22-26/h13-14,17-20,22-23H,3-12,15-16,21H2,1-2H3. The third-order valence-corrected chi connectivity index (χ3v) is 5.84. The second kappa shape index (κ2) is 14.2. The molecule has 0 aliphatic heterocycles. The Hall–Kier alpha value is -1.83. The molecule has 0 aliphatic rings. The quantitative estimate of drug-likeness (QED) is 0.171. The normalized spacial score (nSPS) is 12.2. The Labute approximate surface area is 178 Å². The van der Waals surface area contributed by atoms with Crippen LogP contribution in [0.5, 0.6) is 5.75 Å². The lowest BCUT2D eigenvalue weighted by Gasteiger charge is -2.16. The van der Waals surface area contributed by atoms with Crippen molar-refractivity contribution in [3.63, 3.8) is 0 Å². The van der Waals surface area contributed by atoms with Gasteiger partial charge in [0.2, 0.25) is 0 Å². The molecule has 1 unspecified atom stereocenters. The Kier molecular flexibility index (Phi) is 11.5. The van der Waals surface area contributed by atoms with Crippen molar-refractivity contribution in [3.05, 3.63) is 42.5 Å². The highest BCUT2D eigenvalue weighted by atomic mass is 16.5. The van der Waals surface area contributed by atoms with Gasteiger partial charge in [-0.1, -0.05) is 108 Å².